The summed E-state index contributed by atoms with van der Waals surface area (Å²) in [7, 11) is 1.65. The summed E-state index contributed by atoms with van der Waals surface area (Å²) in [5.41, 5.74) is 0.331. The number of ether oxygens (including phenoxy) is 1. The first-order valence-electron chi connectivity index (χ1n) is 6.30. The lowest BCUT2D eigenvalue weighted by atomic mass is 10.2. The average molecular weight is 281 g/mol. The maximum atomic E-state index is 10.3. The number of methoxy groups -OCH3 is 1. The van der Waals surface area contributed by atoms with E-state index in [0.717, 1.165) is 13.0 Å². The van der Waals surface area contributed by atoms with Crippen molar-refractivity contribution in [3.63, 3.8) is 0 Å². The lowest BCUT2D eigenvalue weighted by Crippen LogP contribution is -2.13. The molecule has 0 aromatic heterocycles. The number of aliphatic carboxylic acids is 1. The van der Waals surface area contributed by atoms with Gasteiger partial charge >= 0.3 is 11.9 Å². The predicted octanol–water partition coefficient (Wildman–Crippen LogP) is 1.18. The highest BCUT2D eigenvalue weighted by Crippen LogP contribution is 2.16. The van der Waals surface area contributed by atoms with Crippen LogP contribution in [0.25, 0.3) is 0 Å². The Labute approximate surface area is 117 Å². The largest absolute Gasteiger partial charge is 0.480 e. The molecule has 6 heteroatoms. The number of aromatic carboxylic acids is 1. The molecule has 20 heavy (non-hydrogen) atoms. The first-order valence-corrected chi connectivity index (χ1v) is 6.30. The zero-order chi connectivity index (χ0) is 15.0. The van der Waals surface area contributed by atoms with Gasteiger partial charge in [-0.25, -0.2) is 4.79 Å². The molecule has 6 nitrogen and oxygen atoms in total. The van der Waals surface area contributed by atoms with E-state index in [9.17, 15) is 9.59 Å². The summed E-state index contributed by atoms with van der Waals surface area (Å²) in [6.45, 7) is 2.26. The van der Waals surface area contributed by atoms with E-state index in [0.29, 0.717) is 18.7 Å². The van der Waals surface area contributed by atoms with Crippen molar-refractivity contribution in [2.45, 2.75) is 12.5 Å². The fourth-order valence-electron chi connectivity index (χ4n) is 1.65. The minimum atomic E-state index is -0.879. The SMILES string of the molecule is COCCCN1CC1C(=O)O.O=C(O)c1ccccc1. The number of hydrogen-bond acceptors (Lipinski definition) is 4. The Morgan fingerprint density at radius 1 is 1.30 bits per heavy atom. The summed E-state index contributed by atoms with van der Waals surface area (Å²) in [5, 5.41) is 16.9. The average Bonchev–Trinajstić information content (AvgIpc) is 3.21. The van der Waals surface area contributed by atoms with Crippen LogP contribution in [-0.4, -0.2) is 59.9 Å². The van der Waals surface area contributed by atoms with E-state index in [1.165, 1.54) is 0 Å². The molecule has 2 N–H and O–H groups in total. The number of rotatable bonds is 6. The Morgan fingerprint density at radius 2 is 1.95 bits per heavy atom. The second-order valence-electron chi connectivity index (χ2n) is 4.37. The topological polar surface area (TPSA) is 86.8 Å². The maximum Gasteiger partial charge on any atom is 0.335 e. The second kappa shape index (κ2) is 8.29. The van der Waals surface area contributed by atoms with Crippen molar-refractivity contribution >= 4 is 11.9 Å². The van der Waals surface area contributed by atoms with Crippen LogP contribution in [0.15, 0.2) is 30.3 Å². The summed E-state index contributed by atoms with van der Waals surface area (Å²) in [6, 6.07) is 8.08. The molecule has 2 rings (SSSR count). The molecule has 2 unspecified atom stereocenters. The third kappa shape index (κ3) is 5.81. The molecular weight excluding hydrogens is 262 g/mol. The number of carbonyl (C=O) groups is 2. The van der Waals surface area contributed by atoms with Gasteiger partial charge in [0.05, 0.1) is 5.56 Å². The molecule has 0 amide bonds. The van der Waals surface area contributed by atoms with Crippen LogP contribution in [0.4, 0.5) is 0 Å². The van der Waals surface area contributed by atoms with Crippen molar-refractivity contribution in [1.82, 2.24) is 4.90 Å². The quantitative estimate of drug-likeness (QED) is 0.601. The zero-order valence-corrected chi connectivity index (χ0v) is 11.4. The van der Waals surface area contributed by atoms with Crippen molar-refractivity contribution in [3.05, 3.63) is 35.9 Å². The van der Waals surface area contributed by atoms with E-state index in [-0.39, 0.29) is 6.04 Å². The van der Waals surface area contributed by atoms with Crippen molar-refractivity contribution in [1.29, 1.82) is 0 Å². The van der Waals surface area contributed by atoms with Crippen LogP contribution in [0.5, 0.6) is 0 Å². The molecule has 1 heterocycles. The third-order valence-corrected chi connectivity index (χ3v) is 2.81. The summed E-state index contributed by atoms with van der Waals surface area (Å²) in [4.78, 5) is 22.5. The molecule has 0 spiro atoms. The van der Waals surface area contributed by atoms with Gasteiger partial charge in [0, 0.05) is 26.8 Å². The van der Waals surface area contributed by atoms with Gasteiger partial charge in [0.2, 0.25) is 0 Å². The lowest BCUT2D eigenvalue weighted by Gasteiger charge is -1.99. The van der Waals surface area contributed by atoms with Gasteiger partial charge in [-0.05, 0) is 18.6 Å². The fraction of sp³-hybridized carbons (Fsp3) is 0.429. The number of benzene rings is 1. The molecule has 0 saturated carbocycles. The molecular formula is C14H19NO5. The third-order valence-electron chi connectivity index (χ3n) is 2.81. The second-order valence-corrected chi connectivity index (χ2v) is 4.37. The van der Waals surface area contributed by atoms with Crippen LogP contribution in [0.1, 0.15) is 16.8 Å². The standard InChI is InChI=1S/C7H13NO3.C7H6O2/c1-11-4-2-3-8-5-6(8)7(9)10;8-7(9)6-4-2-1-3-5-6/h6H,2-5H2,1H3,(H,9,10);1-5H,(H,8,9). The van der Waals surface area contributed by atoms with E-state index in [1.807, 2.05) is 4.90 Å². The van der Waals surface area contributed by atoms with Crippen molar-refractivity contribution in [3.8, 4) is 0 Å². The Bertz CT molecular complexity index is 434. The van der Waals surface area contributed by atoms with Gasteiger partial charge in [-0.3, -0.25) is 9.69 Å². The van der Waals surface area contributed by atoms with Gasteiger partial charge in [0.25, 0.3) is 0 Å². The first-order chi connectivity index (χ1) is 9.56. The monoisotopic (exact) mass is 281 g/mol. The number of carboxylic acid groups (broad SMARTS) is 2. The van der Waals surface area contributed by atoms with Crippen LogP contribution in [0.2, 0.25) is 0 Å². The van der Waals surface area contributed by atoms with Gasteiger partial charge < -0.3 is 14.9 Å². The molecule has 1 aromatic carbocycles. The van der Waals surface area contributed by atoms with Gasteiger partial charge in [0.1, 0.15) is 6.04 Å². The zero-order valence-electron chi connectivity index (χ0n) is 11.4. The molecule has 0 bridgehead atoms. The highest BCUT2D eigenvalue weighted by molar-refractivity contribution is 5.87. The highest BCUT2D eigenvalue weighted by Gasteiger charge is 2.39. The molecule has 1 aliphatic heterocycles. The van der Waals surface area contributed by atoms with Crippen LogP contribution in [0.3, 0.4) is 0 Å². The summed E-state index contributed by atoms with van der Waals surface area (Å²) < 4.78 is 4.84. The van der Waals surface area contributed by atoms with Crippen LogP contribution >= 0.6 is 0 Å². The normalized spacial score (nSPS) is 19.6. The first kappa shape index (κ1) is 16.1. The van der Waals surface area contributed by atoms with E-state index in [2.05, 4.69) is 0 Å². The summed E-state index contributed by atoms with van der Waals surface area (Å²) in [5.74, 6) is -1.59. The smallest absolute Gasteiger partial charge is 0.335 e. The van der Waals surface area contributed by atoms with Crippen LogP contribution in [-0.2, 0) is 9.53 Å². The summed E-state index contributed by atoms with van der Waals surface area (Å²) in [6.07, 6.45) is 0.917. The Morgan fingerprint density at radius 3 is 2.35 bits per heavy atom. The predicted molar refractivity (Wildman–Crippen MR) is 72.9 cm³/mol. The van der Waals surface area contributed by atoms with E-state index >= 15 is 0 Å². The molecule has 0 aliphatic carbocycles. The molecule has 1 aromatic rings. The number of nitrogens with zero attached hydrogens (tertiary/aromatic N) is 1. The lowest BCUT2D eigenvalue weighted by molar-refractivity contribution is -0.137. The van der Waals surface area contributed by atoms with E-state index in [4.69, 9.17) is 14.9 Å². The van der Waals surface area contributed by atoms with Crippen LogP contribution in [0, 0.1) is 0 Å². The Kier molecular flexibility index (Phi) is 6.69. The van der Waals surface area contributed by atoms with Gasteiger partial charge in [-0.1, -0.05) is 18.2 Å². The minimum Gasteiger partial charge on any atom is -0.480 e. The molecule has 2 atom stereocenters. The molecule has 1 aliphatic rings. The van der Waals surface area contributed by atoms with E-state index in [1.54, 1.807) is 37.4 Å². The van der Waals surface area contributed by atoms with E-state index < -0.39 is 11.9 Å². The van der Waals surface area contributed by atoms with Crippen LogP contribution < -0.4 is 0 Å². The van der Waals surface area contributed by atoms with Crippen molar-refractivity contribution in [2.24, 2.45) is 0 Å². The maximum absolute atomic E-state index is 10.3. The van der Waals surface area contributed by atoms with Gasteiger partial charge in [-0.15, -0.1) is 0 Å². The van der Waals surface area contributed by atoms with Gasteiger partial charge in [-0.2, -0.15) is 0 Å². The minimum absolute atomic E-state index is 0.216. The molecule has 110 valence electrons. The molecule has 1 fully saturated rings. The Hall–Kier alpha value is -1.92. The highest BCUT2D eigenvalue weighted by atomic mass is 16.5. The van der Waals surface area contributed by atoms with Crippen molar-refractivity contribution in [2.75, 3.05) is 26.8 Å². The summed E-state index contributed by atoms with van der Waals surface area (Å²) >= 11 is 0. The molecule has 1 saturated heterocycles. The Balaban J connectivity index is 0.000000204. The molecule has 0 radical (unpaired) electrons. The fourth-order valence-corrected chi connectivity index (χ4v) is 1.65. The van der Waals surface area contributed by atoms with Crippen molar-refractivity contribution < 1.29 is 24.5 Å². The van der Waals surface area contributed by atoms with Gasteiger partial charge in [0.15, 0.2) is 0 Å². The number of carboxylic acids is 2. The number of hydrogen-bond donors (Lipinski definition) is 2.